The Balaban J connectivity index is 2.49. The molecule has 15 heavy (non-hydrogen) atoms. The highest BCUT2D eigenvalue weighted by Crippen LogP contribution is 2.22. The summed E-state index contributed by atoms with van der Waals surface area (Å²) in [5.74, 6) is 0.479. The Hall–Kier alpha value is -0.770. The van der Waals surface area contributed by atoms with Crippen LogP contribution in [-0.4, -0.2) is 56.2 Å². The minimum Gasteiger partial charge on any atom is -0.446 e. The number of hydrogen-bond acceptors (Lipinski definition) is 3. The largest absolute Gasteiger partial charge is 0.446 e. The Bertz CT molecular complexity index is 219. The number of amides is 1. The molecule has 0 saturated carbocycles. The van der Waals surface area contributed by atoms with Crippen LogP contribution in [0.25, 0.3) is 0 Å². The number of carbonyl (C=O) groups excluding carboxylic acids is 1. The van der Waals surface area contributed by atoms with Gasteiger partial charge in [0, 0.05) is 33.1 Å². The minimum absolute atomic E-state index is 0.0982. The Morgan fingerprint density at radius 3 is 2.73 bits per heavy atom. The number of rotatable bonds is 2. The molecule has 88 valence electrons. The molecule has 0 spiro atoms. The molecule has 1 amide bonds. The first-order chi connectivity index (χ1) is 7.04. The van der Waals surface area contributed by atoms with Crippen LogP contribution in [0.4, 0.5) is 4.79 Å². The summed E-state index contributed by atoms with van der Waals surface area (Å²) < 4.78 is 5.46. The molecule has 0 aromatic carbocycles. The lowest BCUT2D eigenvalue weighted by atomic mass is 9.92. The Labute approximate surface area is 92.2 Å². The van der Waals surface area contributed by atoms with Crippen molar-refractivity contribution < 1.29 is 9.53 Å². The maximum Gasteiger partial charge on any atom is 0.409 e. The molecule has 0 aromatic rings. The monoisotopic (exact) mass is 214 g/mol. The molecule has 0 bridgehead atoms. The summed E-state index contributed by atoms with van der Waals surface area (Å²) in [6.45, 7) is 4.20. The number of hydrogen-bond donors (Lipinski definition) is 0. The number of ether oxygens (including phenoxy) is 1. The van der Waals surface area contributed by atoms with E-state index in [1.54, 1.807) is 14.1 Å². The van der Waals surface area contributed by atoms with Crippen molar-refractivity contribution in [3.63, 3.8) is 0 Å². The second-order valence-corrected chi connectivity index (χ2v) is 4.54. The van der Waals surface area contributed by atoms with Gasteiger partial charge in [-0.05, 0) is 19.9 Å². The van der Waals surface area contributed by atoms with E-state index in [4.69, 9.17) is 4.74 Å². The fourth-order valence-corrected chi connectivity index (χ4v) is 1.97. The van der Waals surface area contributed by atoms with Gasteiger partial charge in [0.25, 0.3) is 0 Å². The van der Waals surface area contributed by atoms with Crippen LogP contribution in [0.15, 0.2) is 0 Å². The highest BCUT2D eigenvalue weighted by atomic mass is 16.6. The third kappa shape index (κ3) is 3.38. The molecule has 1 saturated heterocycles. The van der Waals surface area contributed by atoms with Gasteiger partial charge in [0.2, 0.25) is 0 Å². The molecule has 4 nitrogen and oxygen atoms in total. The molecule has 1 fully saturated rings. The van der Waals surface area contributed by atoms with Crippen molar-refractivity contribution >= 4 is 6.09 Å². The van der Waals surface area contributed by atoms with Crippen LogP contribution in [0.5, 0.6) is 0 Å². The molecule has 2 atom stereocenters. The van der Waals surface area contributed by atoms with Crippen molar-refractivity contribution in [2.75, 3.05) is 34.2 Å². The number of carbonyl (C=O) groups is 1. The van der Waals surface area contributed by atoms with Crippen molar-refractivity contribution in [3.8, 4) is 0 Å². The van der Waals surface area contributed by atoms with E-state index in [1.165, 1.54) is 4.90 Å². The summed E-state index contributed by atoms with van der Waals surface area (Å²) in [4.78, 5) is 15.2. The van der Waals surface area contributed by atoms with Crippen molar-refractivity contribution in [3.05, 3.63) is 0 Å². The van der Waals surface area contributed by atoms with E-state index in [-0.39, 0.29) is 12.2 Å². The third-order valence-corrected chi connectivity index (χ3v) is 3.01. The maximum absolute atomic E-state index is 11.4. The SMILES string of the molecule is CCC1CN(C)CCC1OC(=O)N(C)C. The summed E-state index contributed by atoms with van der Waals surface area (Å²) in [5, 5.41) is 0. The number of nitrogens with zero attached hydrogens (tertiary/aromatic N) is 2. The summed E-state index contributed by atoms with van der Waals surface area (Å²) in [6, 6.07) is 0. The van der Waals surface area contributed by atoms with Gasteiger partial charge in [-0.15, -0.1) is 0 Å². The van der Waals surface area contributed by atoms with Gasteiger partial charge >= 0.3 is 6.09 Å². The topological polar surface area (TPSA) is 32.8 Å². The molecular formula is C11H22N2O2. The van der Waals surface area contributed by atoms with Crippen molar-refractivity contribution in [1.82, 2.24) is 9.80 Å². The molecule has 1 heterocycles. The molecule has 1 aliphatic heterocycles. The fourth-order valence-electron chi connectivity index (χ4n) is 1.97. The van der Waals surface area contributed by atoms with Gasteiger partial charge < -0.3 is 14.5 Å². The second-order valence-electron chi connectivity index (χ2n) is 4.54. The van der Waals surface area contributed by atoms with E-state index in [0.717, 1.165) is 25.9 Å². The van der Waals surface area contributed by atoms with Crippen LogP contribution in [0.3, 0.4) is 0 Å². The van der Waals surface area contributed by atoms with Gasteiger partial charge in [0.05, 0.1) is 0 Å². The Morgan fingerprint density at radius 1 is 1.53 bits per heavy atom. The quantitative estimate of drug-likeness (QED) is 0.697. The van der Waals surface area contributed by atoms with Crippen LogP contribution >= 0.6 is 0 Å². The van der Waals surface area contributed by atoms with E-state index in [0.29, 0.717) is 5.92 Å². The third-order valence-electron chi connectivity index (χ3n) is 3.01. The average Bonchev–Trinajstić information content (AvgIpc) is 2.20. The summed E-state index contributed by atoms with van der Waals surface area (Å²) in [6.07, 6.45) is 1.90. The van der Waals surface area contributed by atoms with Crippen LogP contribution in [-0.2, 0) is 4.74 Å². The fraction of sp³-hybridized carbons (Fsp3) is 0.909. The highest BCUT2D eigenvalue weighted by molar-refractivity contribution is 5.67. The number of likely N-dealkylation sites (tertiary alicyclic amines) is 1. The Morgan fingerprint density at radius 2 is 2.20 bits per heavy atom. The lowest BCUT2D eigenvalue weighted by molar-refractivity contribution is 0.00235. The van der Waals surface area contributed by atoms with Crippen LogP contribution in [0.1, 0.15) is 19.8 Å². The van der Waals surface area contributed by atoms with E-state index in [9.17, 15) is 4.79 Å². The predicted molar refractivity (Wildman–Crippen MR) is 59.9 cm³/mol. The lowest BCUT2D eigenvalue weighted by Crippen LogP contribution is -2.44. The van der Waals surface area contributed by atoms with E-state index < -0.39 is 0 Å². The molecule has 0 radical (unpaired) electrons. The van der Waals surface area contributed by atoms with Gasteiger partial charge in [0.15, 0.2) is 0 Å². The van der Waals surface area contributed by atoms with Gasteiger partial charge in [-0.3, -0.25) is 0 Å². The molecular weight excluding hydrogens is 192 g/mol. The van der Waals surface area contributed by atoms with Gasteiger partial charge in [0.1, 0.15) is 6.10 Å². The van der Waals surface area contributed by atoms with Gasteiger partial charge in [-0.1, -0.05) is 6.92 Å². The first kappa shape index (κ1) is 12.3. The predicted octanol–water partition coefficient (Wildman–Crippen LogP) is 1.41. The molecule has 2 unspecified atom stereocenters. The lowest BCUT2D eigenvalue weighted by Gasteiger charge is -2.36. The molecule has 1 aliphatic rings. The average molecular weight is 214 g/mol. The van der Waals surface area contributed by atoms with Crippen LogP contribution < -0.4 is 0 Å². The molecule has 0 N–H and O–H groups in total. The zero-order chi connectivity index (χ0) is 11.4. The van der Waals surface area contributed by atoms with Crippen molar-refractivity contribution in [2.45, 2.75) is 25.9 Å². The first-order valence-electron chi connectivity index (χ1n) is 5.61. The zero-order valence-electron chi connectivity index (χ0n) is 10.2. The minimum atomic E-state index is -0.219. The van der Waals surface area contributed by atoms with Crippen LogP contribution in [0, 0.1) is 5.92 Å². The Kier molecular flexibility index (Phi) is 4.39. The van der Waals surface area contributed by atoms with Crippen molar-refractivity contribution in [2.24, 2.45) is 5.92 Å². The molecule has 0 aromatic heterocycles. The highest BCUT2D eigenvalue weighted by Gasteiger charge is 2.29. The standard InChI is InChI=1S/C11H22N2O2/c1-5-9-8-13(4)7-6-10(9)15-11(14)12(2)3/h9-10H,5-8H2,1-4H3. The van der Waals surface area contributed by atoms with E-state index >= 15 is 0 Å². The van der Waals surface area contributed by atoms with E-state index in [1.807, 2.05) is 0 Å². The molecule has 0 aliphatic carbocycles. The normalized spacial score (nSPS) is 27.5. The molecule has 4 heteroatoms. The summed E-state index contributed by atoms with van der Waals surface area (Å²) in [5.41, 5.74) is 0. The summed E-state index contributed by atoms with van der Waals surface area (Å²) >= 11 is 0. The summed E-state index contributed by atoms with van der Waals surface area (Å²) in [7, 11) is 5.56. The first-order valence-corrected chi connectivity index (χ1v) is 5.61. The van der Waals surface area contributed by atoms with Gasteiger partial charge in [-0.25, -0.2) is 4.79 Å². The van der Waals surface area contributed by atoms with Gasteiger partial charge in [-0.2, -0.15) is 0 Å². The number of piperidine rings is 1. The second kappa shape index (κ2) is 5.35. The maximum atomic E-state index is 11.4. The smallest absolute Gasteiger partial charge is 0.409 e. The molecule has 1 rings (SSSR count). The zero-order valence-corrected chi connectivity index (χ0v) is 10.2. The van der Waals surface area contributed by atoms with Crippen molar-refractivity contribution in [1.29, 1.82) is 0 Å². The van der Waals surface area contributed by atoms with Crippen LogP contribution in [0.2, 0.25) is 0 Å². The van der Waals surface area contributed by atoms with E-state index in [2.05, 4.69) is 18.9 Å².